The maximum atomic E-state index is 12.2. The van der Waals surface area contributed by atoms with E-state index in [1.807, 2.05) is 47.2 Å². The monoisotopic (exact) mass is 351 g/mol. The van der Waals surface area contributed by atoms with Crippen molar-refractivity contribution in [3.63, 3.8) is 0 Å². The van der Waals surface area contributed by atoms with E-state index in [0.29, 0.717) is 13.0 Å². The lowest BCUT2D eigenvalue weighted by Crippen LogP contribution is -2.30. The predicted octanol–water partition coefficient (Wildman–Crippen LogP) is 4.46. The first-order valence-electron chi connectivity index (χ1n) is 8.22. The molecule has 1 N–H and O–H groups in total. The van der Waals surface area contributed by atoms with Gasteiger partial charge in [0.05, 0.1) is 6.42 Å². The Labute approximate surface area is 152 Å². The number of rotatable bonds is 7. The van der Waals surface area contributed by atoms with E-state index in [4.69, 9.17) is 4.74 Å². The van der Waals surface area contributed by atoms with Gasteiger partial charge in [0.15, 0.2) is 0 Å². The number of hydrogen-bond acceptors (Lipinski definition) is 3. The van der Waals surface area contributed by atoms with Gasteiger partial charge in [0, 0.05) is 13.7 Å². The predicted molar refractivity (Wildman–Crippen MR) is 103 cm³/mol. The summed E-state index contributed by atoms with van der Waals surface area (Å²) in [5.41, 5.74) is 4.43. The number of ether oxygens (including phenoxy) is 1. The Morgan fingerprint density at radius 1 is 1.04 bits per heavy atom. The van der Waals surface area contributed by atoms with Gasteiger partial charge < -0.3 is 10.1 Å². The highest BCUT2D eigenvalue weighted by atomic mass is 32.1. The molecule has 0 fully saturated rings. The highest BCUT2D eigenvalue weighted by Gasteiger charge is 2.12. The van der Waals surface area contributed by atoms with Crippen molar-refractivity contribution >= 4 is 17.2 Å². The topological polar surface area (TPSA) is 38.3 Å². The zero-order chi connectivity index (χ0) is 17.5. The Hall–Kier alpha value is -2.43. The summed E-state index contributed by atoms with van der Waals surface area (Å²) in [5.74, 6) is 0.00439. The molecule has 0 bridgehead atoms. The van der Waals surface area contributed by atoms with E-state index in [2.05, 4.69) is 29.6 Å². The molecule has 0 aliphatic carbocycles. The third kappa shape index (κ3) is 4.78. The van der Waals surface area contributed by atoms with Crippen molar-refractivity contribution in [1.29, 1.82) is 0 Å². The van der Waals surface area contributed by atoms with E-state index >= 15 is 0 Å². The molecule has 4 heteroatoms. The van der Waals surface area contributed by atoms with Crippen molar-refractivity contribution in [3.05, 3.63) is 82.6 Å². The van der Waals surface area contributed by atoms with Crippen LogP contribution in [0.2, 0.25) is 0 Å². The summed E-state index contributed by atoms with van der Waals surface area (Å²) in [6.45, 7) is 0.480. The Balaban J connectivity index is 1.54. The number of nitrogens with one attached hydrogen (secondary N) is 1. The zero-order valence-electron chi connectivity index (χ0n) is 14.1. The van der Waals surface area contributed by atoms with E-state index in [9.17, 15) is 4.79 Å². The highest BCUT2D eigenvalue weighted by molar-refractivity contribution is 7.07. The van der Waals surface area contributed by atoms with Crippen LogP contribution in [0.15, 0.2) is 71.4 Å². The fourth-order valence-electron chi connectivity index (χ4n) is 2.70. The molecule has 2 aromatic carbocycles. The van der Waals surface area contributed by atoms with Crippen LogP contribution in [0.5, 0.6) is 0 Å². The molecule has 1 heterocycles. The van der Waals surface area contributed by atoms with Crippen LogP contribution in [0, 0.1) is 0 Å². The second-order valence-electron chi connectivity index (χ2n) is 5.82. The molecule has 0 saturated carbocycles. The lowest BCUT2D eigenvalue weighted by atomic mass is 10.0. The molecule has 1 amide bonds. The van der Waals surface area contributed by atoms with Crippen LogP contribution in [0.4, 0.5) is 0 Å². The second-order valence-corrected chi connectivity index (χ2v) is 6.60. The number of amides is 1. The van der Waals surface area contributed by atoms with Crippen LogP contribution in [0.1, 0.15) is 17.2 Å². The van der Waals surface area contributed by atoms with Crippen molar-refractivity contribution in [3.8, 4) is 11.1 Å². The SMILES string of the molecule is COC(CNC(=O)Cc1ccc(-c2ccccc2)cc1)c1ccsc1. The molecule has 25 heavy (non-hydrogen) atoms. The van der Waals surface area contributed by atoms with Crippen LogP contribution >= 0.6 is 11.3 Å². The summed E-state index contributed by atoms with van der Waals surface area (Å²) in [5, 5.41) is 7.01. The van der Waals surface area contributed by atoms with Gasteiger partial charge in [-0.2, -0.15) is 11.3 Å². The fourth-order valence-corrected chi connectivity index (χ4v) is 3.40. The van der Waals surface area contributed by atoms with Gasteiger partial charge in [-0.25, -0.2) is 0 Å². The summed E-state index contributed by atoms with van der Waals surface area (Å²) in [4.78, 5) is 12.2. The van der Waals surface area contributed by atoms with Crippen LogP contribution in [-0.4, -0.2) is 19.6 Å². The minimum atomic E-state index is -0.101. The maximum absolute atomic E-state index is 12.2. The Morgan fingerprint density at radius 2 is 1.76 bits per heavy atom. The van der Waals surface area contributed by atoms with E-state index in [1.54, 1.807) is 18.4 Å². The summed E-state index contributed by atoms with van der Waals surface area (Å²) in [7, 11) is 1.66. The van der Waals surface area contributed by atoms with Gasteiger partial charge in [0.1, 0.15) is 6.10 Å². The van der Waals surface area contributed by atoms with Crippen molar-refractivity contribution in [2.75, 3.05) is 13.7 Å². The average molecular weight is 351 g/mol. The van der Waals surface area contributed by atoms with Gasteiger partial charge >= 0.3 is 0 Å². The van der Waals surface area contributed by atoms with E-state index < -0.39 is 0 Å². The normalized spacial score (nSPS) is 11.9. The number of carbonyl (C=O) groups is 1. The van der Waals surface area contributed by atoms with Crippen molar-refractivity contribution in [1.82, 2.24) is 5.32 Å². The summed E-state index contributed by atoms with van der Waals surface area (Å²) in [6, 6.07) is 20.4. The first-order valence-corrected chi connectivity index (χ1v) is 9.16. The third-order valence-corrected chi connectivity index (χ3v) is 4.81. The van der Waals surface area contributed by atoms with Crippen LogP contribution in [0.25, 0.3) is 11.1 Å². The van der Waals surface area contributed by atoms with Gasteiger partial charge in [-0.1, -0.05) is 54.6 Å². The molecule has 1 atom stereocenters. The molecule has 1 aromatic heterocycles. The molecule has 3 aromatic rings. The van der Waals surface area contributed by atoms with Crippen LogP contribution in [-0.2, 0) is 16.0 Å². The molecule has 0 aliphatic heterocycles. The van der Waals surface area contributed by atoms with Gasteiger partial charge in [0.25, 0.3) is 0 Å². The number of hydrogen-bond donors (Lipinski definition) is 1. The molecule has 128 valence electrons. The third-order valence-electron chi connectivity index (χ3n) is 4.11. The molecular weight excluding hydrogens is 330 g/mol. The fraction of sp³-hybridized carbons (Fsp3) is 0.190. The minimum Gasteiger partial charge on any atom is -0.375 e. The van der Waals surface area contributed by atoms with Gasteiger partial charge in [-0.3, -0.25) is 4.79 Å². The van der Waals surface area contributed by atoms with Gasteiger partial charge in [-0.05, 0) is 39.1 Å². The molecule has 0 spiro atoms. The van der Waals surface area contributed by atoms with Gasteiger partial charge in [0.2, 0.25) is 5.91 Å². The van der Waals surface area contributed by atoms with Crippen molar-refractivity contribution < 1.29 is 9.53 Å². The zero-order valence-corrected chi connectivity index (χ0v) is 15.0. The number of methoxy groups -OCH3 is 1. The smallest absolute Gasteiger partial charge is 0.224 e. The van der Waals surface area contributed by atoms with Gasteiger partial charge in [-0.15, -0.1) is 0 Å². The van der Waals surface area contributed by atoms with E-state index in [-0.39, 0.29) is 12.0 Å². The largest absolute Gasteiger partial charge is 0.375 e. The Morgan fingerprint density at radius 3 is 2.40 bits per heavy atom. The quantitative estimate of drug-likeness (QED) is 0.682. The summed E-state index contributed by atoms with van der Waals surface area (Å²) in [6.07, 6.45) is 0.269. The van der Waals surface area contributed by atoms with E-state index in [1.165, 1.54) is 5.56 Å². The Kier molecular flexibility index (Phi) is 5.99. The first kappa shape index (κ1) is 17.4. The molecule has 0 saturated heterocycles. The standard InChI is InChI=1S/C21H21NO2S/c1-24-20(19-11-12-25-15-19)14-22-21(23)13-16-7-9-18(10-8-16)17-5-3-2-4-6-17/h2-12,15,20H,13-14H2,1H3,(H,22,23). The second kappa shape index (κ2) is 8.60. The minimum absolute atomic E-state index is 0.00439. The molecule has 3 nitrogen and oxygen atoms in total. The average Bonchev–Trinajstić information content (AvgIpc) is 3.18. The van der Waals surface area contributed by atoms with E-state index in [0.717, 1.165) is 16.7 Å². The Bertz CT molecular complexity index is 783. The van der Waals surface area contributed by atoms with Crippen LogP contribution in [0.3, 0.4) is 0 Å². The molecule has 0 aliphatic rings. The number of benzene rings is 2. The first-order chi connectivity index (χ1) is 12.3. The highest BCUT2D eigenvalue weighted by Crippen LogP contribution is 2.20. The molecule has 0 radical (unpaired) electrons. The molecule has 3 rings (SSSR count). The summed E-state index contributed by atoms with van der Waals surface area (Å²) < 4.78 is 5.45. The molecular formula is C21H21NO2S. The number of thiophene rings is 1. The van der Waals surface area contributed by atoms with Crippen molar-refractivity contribution in [2.24, 2.45) is 0 Å². The van der Waals surface area contributed by atoms with Crippen molar-refractivity contribution in [2.45, 2.75) is 12.5 Å². The number of carbonyl (C=O) groups excluding carboxylic acids is 1. The maximum Gasteiger partial charge on any atom is 0.224 e. The lowest BCUT2D eigenvalue weighted by molar-refractivity contribution is -0.121. The molecule has 1 unspecified atom stereocenters. The summed E-state index contributed by atoms with van der Waals surface area (Å²) >= 11 is 1.63. The lowest BCUT2D eigenvalue weighted by Gasteiger charge is -2.15. The van der Waals surface area contributed by atoms with Crippen LogP contribution < -0.4 is 5.32 Å².